The molecule has 0 amide bonds. The molecule has 0 radical (unpaired) electrons. The number of hydrogen-bond acceptors (Lipinski definition) is 3. The van der Waals surface area contributed by atoms with E-state index in [9.17, 15) is 5.11 Å². The maximum atomic E-state index is 9.87. The van der Waals surface area contributed by atoms with Gasteiger partial charge in [-0.2, -0.15) is 0 Å². The molecule has 1 aliphatic rings. The molecule has 0 bridgehead atoms. The summed E-state index contributed by atoms with van der Waals surface area (Å²) in [7, 11) is 0. The Morgan fingerprint density at radius 2 is 1.94 bits per heavy atom. The minimum absolute atomic E-state index is 0. The standard InChI is InChI=1S/C13H20N2O.ClH/c14-12(8-10-4-2-1-3-5-10)13(16)9-15-11-6-7-11;/h1-5,11-13,15-16H,6-9,14H2;1H/t12-,13+;/m0./s1. The van der Waals surface area contributed by atoms with E-state index in [1.807, 2.05) is 30.3 Å². The first-order valence-corrected chi connectivity index (χ1v) is 5.96. The summed E-state index contributed by atoms with van der Waals surface area (Å²) < 4.78 is 0. The van der Waals surface area contributed by atoms with E-state index < -0.39 is 6.10 Å². The predicted octanol–water partition coefficient (Wildman–Crippen LogP) is 1.09. The first-order chi connectivity index (χ1) is 7.75. The van der Waals surface area contributed by atoms with Gasteiger partial charge < -0.3 is 16.2 Å². The third-order valence-electron chi connectivity index (χ3n) is 3.00. The molecule has 1 saturated carbocycles. The molecule has 0 spiro atoms. The van der Waals surface area contributed by atoms with Gasteiger partial charge in [-0.3, -0.25) is 0 Å². The van der Waals surface area contributed by atoms with E-state index in [0.29, 0.717) is 12.6 Å². The van der Waals surface area contributed by atoms with Crippen LogP contribution in [-0.4, -0.2) is 29.8 Å². The molecule has 0 heterocycles. The number of hydrogen-bond donors (Lipinski definition) is 3. The summed E-state index contributed by atoms with van der Waals surface area (Å²) in [5.41, 5.74) is 7.15. The number of nitrogens with two attached hydrogens (primary N) is 1. The third kappa shape index (κ3) is 5.04. The molecule has 1 aliphatic carbocycles. The highest BCUT2D eigenvalue weighted by Gasteiger charge is 2.23. The molecule has 1 fully saturated rings. The predicted molar refractivity (Wildman–Crippen MR) is 72.4 cm³/mol. The lowest BCUT2D eigenvalue weighted by Crippen LogP contribution is -2.43. The summed E-state index contributed by atoms with van der Waals surface area (Å²) in [6.07, 6.45) is 2.75. The van der Waals surface area contributed by atoms with Gasteiger partial charge in [0.15, 0.2) is 0 Å². The first-order valence-electron chi connectivity index (χ1n) is 5.96. The average Bonchev–Trinajstić information content (AvgIpc) is 3.11. The maximum absolute atomic E-state index is 9.87. The molecule has 1 aromatic carbocycles. The molecule has 0 unspecified atom stereocenters. The van der Waals surface area contributed by atoms with Crippen molar-refractivity contribution < 1.29 is 5.11 Å². The summed E-state index contributed by atoms with van der Waals surface area (Å²) in [5.74, 6) is 0. The fourth-order valence-corrected chi connectivity index (χ4v) is 1.75. The summed E-state index contributed by atoms with van der Waals surface area (Å²) in [6.45, 7) is 0.610. The Kier molecular flexibility index (Phi) is 5.92. The van der Waals surface area contributed by atoms with Crippen molar-refractivity contribution in [3.8, 4) is 0 Å². The Labute approximate surface area is 109 Å². The highest BCUT2D eigenvalue weighted by atomic mass is 35.5. The zero-order chi connectivity index (χ0) is 11.4. The van der Waals surface area contributed by atoms with Crippen molar-refractivity contribution in [3.05, 3.63) is 35.9 Å². The summed E-state index contributed by atoms with van der Waals surface area (Å²) >= 11 is 0. The second-order valence-corrected chi connectivity index (χ2v) is 4.60. The van der Waals surface area contributed by atoms with Gasteiger partial charge in [-0.15, -0.1) is 12.4 Å². The van der Waals surface area contributed by atoms with Crippen LogP contribution in [0.25, 0.3) is 0 Å². The van der Waals surface area contributed by atoms with Gasteiger partial charge in [0.1, 0.15) is 0 Å². The summed E-state index contributed by atoms with van der Waals surface area (Å²) in [5, 5.41) is 13.2. The van der Waals surface area contributed by atoms with Gasteiger partial charge in [-0.1, -0.05) is 30.3 Å². The Hall–Kier alpha value is -0.610. The molecule has 4 N–H and O–H groups in total. The number of halogens is 1. The van der Waals surface area contributed by atoms with Crippen LogP contribution < -0.4 is 11.1 Å². The van der Waals surface area contributed by atoms with Crippen LogP contribution in [0.3, 0.4) is 0 Å². The zero-order valence-electron chi connectivity index (χ0n) is 9.88. The fourth-order valence-electron chi connectivity index (χ4n) is 1.75. The molecule has 4 heteroatoms. The van der Waals surface area contributed by atoms with Crippen molar-refractivity contribution in [2.45, 2.75) is 37.5 Å². The normalized spacial score (nSPS) is 18.2. The minimum Gasteiger partial charge on any atom is -0.390 e. The largest absolute Gasteiger partial charge is 0.390 e. The smallest absolute Gasteiger partial charge is 0.0818 e. The van der Waals surface area contributed by atoms with E-state index in [-0.39, 0.29) is 18.4 Å². The van der Waals surface area contributed by atoms with Crippen LogP contribution in [0, 0.1) is 0 Å². The summed E-state index contributed by atoms with van der Waals surface area (Å²) in [6, 6.07) is 10.5. The van der Waals surface area contributed by atoms with Crippen molar-refractivity contribution in [2.75, 3.05) is 6.54 Å². The van der Waals surface area contributed by atoms with Gasteiger partial charge in [0.05, 0.1) is 6.10 Å². The highest BCUT2D eigenvalue weighted by Crippen LogP contribution is 2.18. The van der Waals surface area contributed by atoms with Crippen molar-refractivity contribution >= 4 is 12.4 Å². The van der Waals surface area contributed by atoms with Gasteiger partial charge in [0, 0.05) is 18.6 Å². The minimum atomic E-state index is -0.458. The Bertz CT molecular complexity index is 316. The molecule has 0 aromatic heterocycles. The van der Waals surface area contributed by atoms with Crippen LogP contribution in [-0.2, 0) is 6.42 Å². The van der Waals surface area contributed by atoms with Crippen molar-refractivity contribution in [2.24, 2.45) is 5.73 Å². The Morgan fingerprint density at radius 1 is 1.29 bits per heavy atom. The zero-order valence-corrected chi connectivity index (χ0v) is 10.7. The fraction of sp³-hybridized carbons (Fsp3) is 0.538. The summed E-state index contributed by atoms with van der Waals surface area (Å²) in [4.78, 5) is 0. The average molecular weight is 257 g/mol. The molecule has 2 atom stereocenters. The maximum Gasteiger partial charge on any atom is 0.0818 e. The van der Waals surface area contributed by atoms with Crippen molar-refractivity contribution in [3.63, 3.8) is 0 Å². The molecular weight excluding hydrogens is 236 g/mol. The van der Waals surface area contributed by atoms with Crippen molar-refractivity contribution in [1.29, 1.82) is 0 Å². The van der Waals surface area contributed by atoms with E-state index >= 15 is 0 Å². The van der Waals surface area contributed by atoms with E-state index in [1.54, 1.807) is 0 Å². The first kappa shape index (κ1) is 14.5. The van der Waals surface area contributed by atoms with Crippen LogP contribution in [0.5, 0.6) is 0 Å². The quantitative estimate of drug-likeness (QED) is 0.714. The number of rotatable bonds is 6. The lowest BCUT2D eigenvalue weighted by Gasteiger charge is -2.19. The Morgan fingerprint density at radius 3 is 2.53 bits per heavy atom. The highest BCUT2D eigenvalue weighted by molar-refractivity contribution is 5.85. The number of aliphatic hydroxyl groups excluding tert-OH is 1. The molecule has 96 valence electrons. The van der Waals surface area contributed by atoms with Crippen LogP contribution in [0.15, 0.2) is 30.3 Å². The van der Waals surface area contributed by atoms with Crippen LogP contribution in [0.4, 0.5) is 0 Å². The molecule has 0 aliphatic heterocycles. The number of nitrogens with one attached hydrogen (secondary N) is 1. The molecular formula is C13H21ClN2O. The molecule has 0 saturated heterocycles. The van der Waals surface area contributed by atoms with Crippen LogP contribution in [0.1, 0.15) is 18.4 Å². The monoisotopic (exact) mass is 256 g/mol. The van der Waals surface area contributed by atoms with Gasteiger partial charge in [0.2, 0.25) is 0 Å². The van der Waals surface area contributed by atoms with Crippen LogP contribution in [0.2, 0.25) is 0 Å². The molecule has 3 nitrogen and oxygen atoms in total. The van der Waals surface area contributed by atoms with E-state index in [2.05, 4.69) is 5.32 Å². The molecule has 2 rings (SSSR count). The van der Waals surface area contributed by atoms with E-state index in [4.69, 9.17) is 5.73 Å². The van der Waals surface area contributed by atoms with E-state index in [1.165, 1.54) is 18.4 Å². The number of benzene rings is 1. The second-order valence-electron chi connectivity index (χ2n) is 4.60. The third-order valence-corrected chi connectivity index (χ3v) is 3.00. The number of aliphatic hydroxyl groups is 1. The van der Waals surface area contributed by atoms with E-state index in [0.717, 1.165) is 6.42 Å². The molecule has 17 heavy (non-hydrogen) atoms. The lowest BCUT2D eigenvalue weighted by atomic mass is 10.0. The lowest BCUT2D eigenvalue weighted by molar-refractivity contribution is 0.141. The second kappa shape index (κ2) is 6.97. The topological polar surface area (TPSA) is 58.3 Å². The SMILES string of the molecule is Cl.N[C@@H](Cc1ccccc1)[C@H](O)CNC1CC1. The Balaban J connectivity index is 0.00000144. The van der Waals surface area contributed by atoms with Gasteiger partial charge in [0.25, 0.3) is 0 Å². The van der Waals surface area contributed by atoms with Crippen LogP contribution >= 0.6 is 12.4 Å². The van der Waals surface area contributed by atoms with Crippen molar-refractivity contribution in [1.82, 2.24) is 5.32 Å². The van der Waals surface area contributed by atoms with Gasteiger partial charge in [-0.05, 0) is 24.8 Å². The molecule has 1 aromatic rings. The van der Waals surface area contributed by atoms with Gasteiger partial charge >= 0.3 is 0 Å². The van der Waals surface area contributed by atoms with Gasteiger partial charge in [-0.25, -0.2) is 0 Å².